The van der Waals surface area contributed by atoms with Crippen LogP contribution in [0.3, 0.4) is 0 Å². The van der Waals surface area contributed by atoms with E-state index in [-0.39, 0.29) is 10.8 Å². The van der Waals surface area contributed by atoms with Crippen LogP contribution in [0.1, 0.15) is 23.0 Å². The van der Waals surface area contributed by atoms with E-state index in [1.54, 1.807) is 49.6 Å². The maximum absolute atomic E-state index is 12.6. The molecule has 28 heavy (non-hydrogen) atoms. The minimum Gasteiger partial charge on any atom is -0.461 e. The van der Waals surface area contributed by atoms with Crippen molar-refractivity contribution in [2.45, 2.75) is 18.1 Å². The first-order valence-corrected chi connectivity index (χ1v) is 10.5. The maximum atomic E-state index is 12.6. The second kappa shape index (κ2) is 7.95. The molecule has 0 unspecified atom stereocenters. The van der Waals surface area contributed by atoms with E-state index in [0.717, 1.165) is 27.6 Å². The van der Waals surface area contributed by atoms with Gasteiger partial charge in [0.15, 0.2) is 9.96 Å². The number of rotatable bonds is 6. The molecule has 0 aliphatic heterocycles. The molecule has 0 saturated carbocycles. The Labute approximate surface area is 165 Å². The maximum Gasteiger partial charge on any atom is 0.362 e. The highest BCUT2D eigenvalue weighted by molar-refractivity contribution is 7.89. The number of aryl methyl sites for hydroxylation is 1. The minimum absolute atomic E-state index is 0.0428. The first-order chi connectivity index (χ1) is 13.3. The van der Waals surface area contributed by atoms with E-state index in [1.807, 2.05) is 0 Å². The van der Waals surface area contributed by atoms with Gasteiger partial charge < -0.3 is 8.92 Å². The second-order valence-corrected chi connectivity index (χ2v) is 8.30. The van der Waals surface area contributed by atoms with E-state index in [4.69, 9.17) is 8.92 Å². The van der Waals surface area contributed by atoms with Crippen LogP contribution in [0.2, 0.25) is 0 Å². The van der Waals surface area contributed by atoms with Gasteiger partial charge in [-0.15, -0.1) is 11.3 Å². The zero-order valence-corrected chi connectivity index (χ0v) is 16.6. The molecule has 10 heteroatoms. The minimum atomic E-state index is -4.22. The summed E-state index contributed by atoms with van der Waals surface area (Å²) >= 11 is 0.947. The van der Waals surface area contributed by atoms with Gasteiger partial charge in [0.2, 0.25) is 5.69 Å². The summed E-state index contributed by atoms with van der Waals surface area (Å²) in [5.41, 5.74) is 0.126. The van der Waals surface area contributed by atoms with Gasteiger partial charge in [0, 0.05) is 0 Å². The summed E-state index contributed by atoms with van der Waals surface area (Å²) in [5.74, 6) is -1.39. The van der Waals surface area contributed by atoms with Crippen LogP contribution in [0.5, 0.6) is 5.75 Å². The molecule has 8 nitrogen and oxygen atoms in total. The Morgan fingerprint density at radius 3 is 2.61 bits per heavy atom. The van der Waals surface area contributed by atoms with Crippen LogP contribution in [0, 0.1) is 6.92 Å². The van der Waals surface area contributed by atoms with Crippen LogP contribution in [0.15, 0.2) is 56.8 Å². The molecule has 0 aliphatic rings. The Morgan fingerprint density at radius 2 is 1.96 bits per heavy atom. The molecule has 0 atom stereocenters. The lowest BCUT2D eigenvalue weighted by Gasteiger charge is -2.13. The first-order valence-electron chi connectivity index (χ1n) is 8.19. The number of carbonyl (C=O) groups excluding carboxylic acids is 1. The Kier molecular flexibility index (Phi) is 5.61. The summed E-state index contributed by atoms with van der Waals surface area (Å²) < 4.78 is 35.8. The fourth-order valence-electron chi connectivity index (χ4n) is 2.38. The van der Waals surface area contributed by atoms with Gasteiger partial charge >= 0.3 is 16.1 Å². The van der Waals surface area contributed by atoms with Crippen molar-refractivity contribution in [2.75, 3.05) is 6.61 Å². The predicted molar refractivity (Wildman–Crippen MR) is 103 cm³/mol. The lowest BCUT2D eigenvalue weighted by Crippen LogP contribution is -2.26. The molecule has 0 fully saturated rings. The first kappa shape index (κ1) is 19.8. The van der Waals surface area contributed by atoms with E-state index in [1.165, 1.54) is 6.07 Å². The topological polar surface area (TPSA) is 105 Å². The van der Waals surface area contributed by atoms with E-state index < -0.39 is 33.1 Å². The molecule has 146 valence electrons. The van der Waals surface area contributed by atoms with Gasteiger partial charge in [-0.2, -0.15) is 18.2 Å². The van der Waals surface area contributed by atoms with Crippen molar-refractivity contribution in [1.29, 1.82) is 0 Å². The predicted octanol–water partition coefficient (Wildman–Crippen LogP) is 2.55. The Hall–Kier alpha value is -2.98. The molecule has 0 aliphatic carbocycles. The van der Waals surface area contributed by atoms with Gasteiger partial charge in [0.05, 0.1) is 18.4 Å². The van der Waals surface area contributed by atoms with Gasteiger partial charge in [-0.25, -0.2) is 4.79 Å². The summed E-state index contributed by atoms with van der Waals surface area (Å²) in [7, 11) is -4.22. The second-order valence-electron chi connectivity index (χ2n) is 5.58. The summed E-state index contributed by atoms with van der Waals surface area (Å²) in [6.45, 7) is 3.42. The summed E-state index contributed by atoms with van der Waals surface area (Å²) in [5, 5.41) is 5.60. The molecule has 0 amide bonds. The largest absolute Gasteiger partial charge is 0.461 e. The molecule has 1 aromatic carbocycles. The molecule has 3 aromatic rings. The van der Waals surface area contributed by atoms with Gasteiger partial charge in [0.1, 0.15) is 0 Å². The molecule has 2 aromatic heterocycles. The van der Waals surface area contributed by atoms with E-state index >= 15 is 0 Å². The van der Waals surface area contributed by atoms with Crippen LogP contribution >= 0.6 is 11.3 Å². The van der Waals surface area contributed by atoms with Crippen molar-refractivity contribution in [3.8, 4) is 11.4 Å². The number of para-hydroxylation sites is 1. The quantitative estimate of drug-likeness (QED) is 0.446. The highest BCUT2D eigenvalue weighted by Crippen LogP contribution is 2.24. The van der Waals surface area contributed by atoms with E-state index in [2.05, 4.69) is 5.10 Å². The number of aromatic nitrogens is 2. The molecular formula is C18H16N2O6S2. The average Bonchev–Trinajstić information content (AvgIpc) is 3.18. The smallest absolute Gasteiger partial charge is 0.362 e. The lowest BCUT2D eigenvalue weighted by molar-refractivity contribution is 0.0515. The lowest BCUT2D eigenvalue weighted by atomic mass is 10.2. The van der Waals surface area contributed by atoms with Crippen LogP contribution < -0.4 is 9.74 Å². The van der Waals surface area contributed by atoms with E-state index in [0.29, 0.717) is 5.69 Å². The van der Waals surface area contributed by atoms with Crippen molar-refractivity contribution in [1.82, 2.24) is 9.78 Å². The third-order valence-corrected chi connectivity index (χ3v) is 6.24. The van der Waals surface area contributed by atoms with Crippen LogP contribution in [-0.4, -0.2) is 30.8 Å². The molecule has 0 N–H and O–H groups in total. The summed E-state index contributed by atoms with van der Waals surface area (Å²) in [6, 6.07) is 10.7. The van der Waals surface area contributed by atoms with Crippen LogP contribution in [-0.2, 0) is 14.9 Å². The fraction of sp³-hybridized carbons (Fsp3) is 0.167. The van der Waals surface area contributed by atoms with Gasteiger partial charge in [-0.1, -0.05) is 24.3 Å². The standard InChI is InChI=1S/C18H16N2O6S2/c1-3-25-18(22)17-14(26-28(23,24)16-9-6-10-27-16)11-15(21)20(19-17)13-8-5-4-7-12(13)2/h4-11H,3H2,1-2H3. The highest BCUT2D eigenvalue weighted by atomic mass is 32.3. The van der Waals surface area contributed by atoms with Crippen molar-refractivity contribution in [3.63, 3.8) is 0 Å². The number of hydrogen-bond acceptors (Lipinski definition) is 8. The third-order valence-electron chi connectivity index (χ3n) is 3.65. The Morgan fingerprint density at radius 1 is 1.21 bits per heavy atom. The monoisotopic (exact) mass is 420 g/mol. The van der Waals surface area contributed by atoms with Crippen molar-refractivity contribution in [2.24, 2.45) is 0 Å². The number of ether oxygens (including phenoxy) is 1. The molecule has 2 heterocycles. The number of benzene rings is 1. The van der Waals surface area contributed by atoms with Crippen LogP contribution in [0.25, 0.3) is 5.69 Å². The normalized spacial score (nSPS) is 11.2. The molecule has 3 rings (SSSR count). The van der Waals surface area contributed by atoms with Crippen LogP contribution in [0.4, 0.5) is 0 Å². The van der Waals surface area contributed by atoms with E-state index in [9.17, 15) is 18.0 Å². The number of nitrogens with zero attached hydrogens (tertiary/aromatic N) is 2. The Balaban J connectivity index is 2.15. The summed E-state index contributed by atoms with van der Waals surface area (Å²) in [4.78, 5) is 24.9. The molecule has 0 radical (unpaired) electrons. The zero-order chi connectivity index (χ0) is 20.3. The van der Waals surface area contributed by atoms with Crippen molar-refractivity contribution >= 4 is 27.4 Å². The SMILES string of the molecule is CCOC(=O)c1nn(-c2ccccc2C)c(=O)cc1OS(=O)(=O)c1cccs1. The molecule has 0 bridgehead atoms. The zero-order valence-electron chi connectivity index (χ0n) is 15.0. The van der Waals surface area contributed by atoms with Crippen molar-refractivity contribution < 1.29 is 22.1 Å². The van der Waals surface area contributed by atoms with Gasteiger partial charge in [0.25, 0.3) is 5.56 Å². The Bertz CT molecular complexity index is 1170. The number of carbonyl (C=O) groups is 1. The fourth-order valence-corrected chi connectivity index (χ4v) is 4.26. The number of esters is 1. The molecule has 0 saturated heterocycles. The highest BCUT2D eigenvalue weighted by Gasteiger charge is 2.26. The number of hydrogen-bond donors (Lipinski definition) is 0. The third kappa shape index (κ3) is 3.97. The number of thiophene rings is 1. The van der Waals surface area contributed by atoms with Gasteiger partial charge in [-0.05, 0) is 36.9 Å². The summed E-state index contributed by atoms with van der Waals surface area (Å²) in [6.07, 6.45) is 0. The molecule has 0 spiro atoms. The molecular weight excluding hydrogens is 404 g/mol. The van der Waals surface area contributed by atoms with Gasteiger partial charge in [-0.3, -0.25) is 4.79 Å². The average molecular weight is 420 g/mol. The van der Waals surface area contributed by atoms with Crippen molar-refractivity contribution in [3.05, 3.63) is 69.5 Å².